The van der Waals surface area contributed by atoms with Crippen molar-refractivity contribution >= 4 is 28.6 Å². The van der Waals surface area contributed by atoms with Crippen molar-refractivity contribution in [3.63, 3.8) is 0 Å². The van der Waals surface area contributed by atoms with E-state index in [1.165, 1.54) is 31.0 Å². The number of para-hydroxylation sites is 1. The molecule has 30 heavy (non-hydrogen) atoms. The van der Waals surface area contributed by atoms with Crippen LogP contribution in [0.25, 0.3) is 10.9 Å². The van der Waals surface area contributed by atoms with Crippen LogP contribution in [0.1, 0.15) is 64.8 Å². The van der Waals surface area contributed by atoms with Crippen molar-refractivity contribution in [2.75, 3.05) is 5.75 Å². The number of nitrogens with one attached hydrogen (secondary N) is 1. The summed E-state index contributed by atoms with van der Waals surface area (Å²) in [7, 11) is 0. The molecule has 1 aromatic carbocycles. The largest absolute Gasteiger partial charge is 0.350 e. The Bertz CT molecular complexity index is 995. The number of aromatic nitrogens is 2. The summed E-state index contributed by atoms with van der Waals surface area (Å²) >= 11 is 1.40. The summed E-state index contributed by atoms with van der Waals surface area (Å²) in [6.07, 6.45) is 8.40. The molecule has 4 aliphatic rings. The van der Waals surface area contributed by atoms with Crippen LogP contribution in [0, 0.1) is 17.8 Å². The van der Waals surface area contributed by atoms with Crippen LogP contribution in [0.5, 0.6) is 0 Å². The van der Waals surface area contributed by atoms with Gasteiger partial charge in [-0.3, -0.25) is 14.2 Å². The number of rotatable bonds is 6. The van der Waals surface area contributed by atoms with Gasteiger partial charge in [-0.2, -0.15) is 0 Å². The molecule has 0 radical (unpaired) electrons. The van der Waals surface area contributed by atoms with E-state index in [2.05, 4.69) is 12.2 Å². The van der Waals surface area contributed by atoms with E-state index in [4.69, 9.17) is 4.98 Å². The zero-order valence-electron chi connectivity index (χ0n) is 17.9. The second-order valence-corrected chi connectivity index (χ2v) is 10.8. The third-order valence-corrected chi connectivity index (χ3v) is 8.53. The van der Waals surface area contributed by atoms with Gasteiger partial charge in [0.15, 0.2) is 5.16 Å². The highest BCUT2D eigenvalue weighted by molar-refractivity contribution is 7.99. The van der Waals surface area contributed by atoms with Crippen LogP contribution in [0.15, 0.2) is 34.2 Å². The molecule has 5 nitrogen and oxygen atoms in total. The molecule has 1 atom stereocenters. The molecule has 6 heteroatoms. The van der Waals surface area contributed by atoms with Crippen LogP contribution < -0.4 is 10.9 Å². The Kier molecular flexibility index (Phi) is 5.16. The summed E-state index contributed by atoms with van der Waals surface area (Å²) in [5.41, 5.74) is 0.713. The highest BCUT2D eigenvalue weighted by atomic mass is 32.2. The van der Waals surface area contributed by atoms with Crippen LogP contribution in [-0.2, 0) is 4.79 Å². The predicted molar refractivity (Wildman–Crippen MR) is 121 cm³/mol. The first-order valence-electron chi connectivity index (χ1n) is 11.4. The van der Waals surface area contributed by atoms with Gasteiger partial charge in [-0.25, -0.2) is 4.98 Å². The number of carbonyl (C=O) groups is 1. The number of nitrogens with zero attached hydrogens (tertiary/aromatic N) is 2. The molecule has 160 valence electrons. The number of thioether (sulfide) groups is 1. The molecular weight excluding hydrogens is 394 g/mol. The van der Waals surface area contributed by atoms with Crippen molar-refractivity contribution in [2.45, 2.75) is 75.5 Å². The fourth-order valence-electron chi connectivity index (χ4n) is 6.52. The van der Waals surface area contributed by atoms with Crippen LogP contribution in [0.2, 0.25) is 0 Å². The second kappa shape index (κ2) is 7.70. The molecule has 0 saturated heterocycles. The van der Waals surface area contributed by atoms with E-state index in [0.29, 0.717) is 21.8 Å². The van der Waals surface area contributed by atoms with Crippen LogP contribution in [-0.4, -0.2) is 26.8 Å². The molecule has 0 unspecified atom stereocenters. The number of benzene rings is 1. The fraction of sp³-hybridized carbons (Fsp3) is 0.625. The van der Waals surface area contributed by atoms with E-state index in [-0.39, 0.29) is 23.0 Å². The Morgan fingerprint density at radius 2 is 1.83 bits per heavy atom. The molecule has 4 saturated carbocycles. The Balaban J connectivity index is 1.35. The molecular formula is C24H31N3O2S. The number of fused-ring (bicyclic) bond motifs is 1. The summed E-state index contributed by atoms with van der Waals surface area (Å²) in [6, 6.07) is 7.52. The average molecular weight is 426 g/mol. The number of hydrogen-bond donors (Lipinski definition) is 1. The first-order chi connectivity index (χ1) is 14.5. The highest BCUT2D eigenvalue weighted by Crippen LogP contribution is 2.55. The first-order valence-corrected chi connectivity index (χ1v) is 12.4. The van der Waals surface area contributed by atoms with Crippen LogP contribution in [0.4, 0.5) is 0 Å². The standard InChI is InChI=1S/C24H31N3O2S/c1-3-15(2)27-22(29)19-6-4-5-7-20(19)25-23(27)30-14-21(28)26-24-11-16-8-17(12-24)10-18(9-16)13-24/h4-7,15-18H,3,8-14H2,1-2H3,(H,26,28)/t15-,16?,17?,18?,24?/m0/s1. The summed E-state index contributed by atoms with van der Waals surface area (Å²) in [5, 5.41) is 4.72. The minimum absolute atomic E-state index is 0.0149. The van der Waals surface area contributed by atoms with Crippen molar-refractivity contribution in [3.05, 3.63) is 34.6 Å². The quantitative estimate of drug-likeness (QED) is 0.545. The van der Waals surface area contributed by atoms with Gasteiger partial charge in [0.25, 0.3) is 5.56 Å². The third-order valence-electron chi connectivity index (χ3n) is 7.58. The molecule has 2 aromatic rings. The molecule has 0 spiro atoms. The third kappa shape index (κ3) is 3.57. The molecule has 4 aliphatic carbocycles. The monoisotopic (exact) mass is 425 g/mol. The Morgan fingerprint density at radius 1 is 1.20 bits per heavy atom. The SMILES string of the molecule is CC[C@H](C)n1c(SCC(=O)NC23CC4CC(CC(C4)C2)C3)nc2ccccc2c1=O. The number of carbonyl (C=O) groups excluding carboxylic acids is 1. The number of amides is 1. The van der Waals surface area contributed by atoms with E-state index in [9.17, 15) is 9.59 Å². The van der Waals surface area contributed by atoms with Gasteiger partial charge >= 0.3 is 0 Å². The van der Waals surface area contributed by atoms with Gasteiger partial charge in [-0.15, -0.1) is 0 Å². The van der Waals surface area contributed by atoms with Crippen LogP contribution in [0.3, 0.4) is 0 Å². The van der Waals surface area contributed by atoms with Gasteiger partial charge in [0.2, 0.25) is 5.91 Å². The highest BCUT2D eigenvalue weighted by Gasteiger charge is 2.51. The minimum Gasteiger partial charge on any atom is -0.350 e. The second-order valence-electron chi connectivity index (χ2n) is 9.88. The van der Waals surface area contributed by atoms with Gasteiger partial charge in [0.05, 0.1) is 16.7 Å². The molecule has 6 rings (SSSR count). The topological polar surface area (TPSA) is 64.0 Å². The molecule has 1 N–H and O–H groups in total. The predicted octanol–water partition coefficient (Wildman–Crippen LogP) is 4.54. The van der Waals surface area contributed by atoms with Crippen molar-refractivity contribution in [3.8, 4) is 0 Å². The summed E-state index contributed by atoms with van der Waals surface area (Å²) in [6.45, 7) is 4.11. The first kappa shape index (κ1) is 20.1. The zero-order chi connectivity index (χ0) is 20.9. The lowest BCUT2D eigenvalue weighted by Crippen LogP contribution is -2.60. The Morgan fingerprint density at radius 3 is 2.47 bits per heavy atom. The summed E-state index contributed by atoms with van der Waals surface area (Å²) in [4.78, 5) is 30.8. The van der Waals surface area contributed by atoms with Crippen molar-refractivity contribution in [1.82, 2.24) is 14.9 Å². The summed E-state index contributed by atoms with van der Waals surface area (Å²) in [5.74, 6) is 2.81. The molecule has 4 bridgehead atoms. The molecule has 1 heterocycles. The lowest BCUT2D eigenvalue weighted by Gasteiger charge is -2.56. The molecule has 4 fully saturated rings. The van der Waals surface area contributed by atoms with Gasteiger partial charge in [-0.1, -0.05) is 30.8 Å². The van der Waals surface area contributed by atoms with Gasteiger partial charge in [0.1, 0.15) is 0 Å². The number of hydrogen-bond acceptors (Lipinski definition) is 4. The van der Waals surface area contributed by atoms with Crippen LogP contribution >= 0.6 is 11.8 Å². The van der Waals surface area contributed by atoms with E-state index >= 15 is 0 Å². The molecule has 0 aliphatic heterocycles. The van der Waals surface area contributed by atoms with Crippen molar-refractivity contribution < 1.29 is 4.79 Å². The molecule has 1 aromatic heterocycles. The van der Waals surface area contributed by atoms with E-state index in [1.807, 2.05) is 31.2 Å². The van der Waals surface area contributed by atoms with E-state index in [0.717, 1.165) is 43.4 Å². The lowest BCUT2D eigenvalue weighted by atomic mass is 9.53. The Hall–Kier alpha value is -1.82. The maximum absolute atomic E-state index is 13.1. The van der Waals surface area contributed by atoms with Crippen molar-refractivity contribution in [2.24, 2.45) is 17.8 Å². The normalized spacial score (nSPS) is 30.5. The van der Waals surface area contributed by atoms with E-state index < -0.39 is 0 Å². The maximum atomic E-state index is 13.1. The Labute approximate surface area is 182 Å². The van der Waals surface area contributed by atoms with Gasteiger partial charge < -0.3 is 5.32 Å². The van der Waals surface area contributed by atoms with E-state index in [1.54, 1.807) is 4.57 Å². The smallest absolute Gasteiger partial charge is 0.262 e. The average Bonchev–Trinajstić information content (AvgIpc) is 2.70. The maximum Gasteiger partial charge on any atom is 0.262 e. The zero-order valence-corrected chi connectivity index (χ0v) is 18.7. The lowest BCUT2D eigenvalue weighted by molar-refractivity contribution is -0.124. The minimum atomic E-state index is -0.0149. The molecule has 1 amide bonds. The van der Waals surface area contributed by atoms with Crippen molar-refractivity contribution in [1.29, 1.82) is 0 Å². The van der Waals surface area contributed by atoms with Gasteiger partial charge in [-0.05, 0) is 81.8 Å². The van der Waals surface area contributed by atoms with Gasteiger partial charge in [0, 0.05) is 11.6 Å². The summed E-state index contributed by atoms with van der Waals surface area (Å²) < 4.78 is 1.77. The fourth-order valence-corrected chi connectivity index (χ4v) is 7.42.